The van der Waals surface area contributed by atoms with E-state index in [-0.39, 0.29) is 5.71 Å². The van der Waals surface area contributed by atoms with Gasteiger partial charge in [0.05, 0.1) is 0 Å². The van der Waals surface area contributed by atoms with Crippen molar-refractivity contribution in [1.29, 1.82) is 0 Å². The van der Waals surface area contributed by atoms with Gasteiger partial charge in [-0.3, -0.25) is 0 Å². The number of carboxylic acids is 1. The van der Waals surface area contributed by atoms with E-state index < -0.39 is 5.97 Å². The molecule has 0 saturated carbocycles. The molecule has 1 aromatic carbocycles. The van der Waals surface area contributed by atoms with Gasteiger partial charge in [-0.1, -0.05) is 17.3 Å². The molecule has 0 atom stereocenters. The van der Waals surface area contributed by atoms with Crippen LogP contribution in [-0.2, 0) is 9.63 Å². The number of nitrogens with zero attached hydrogens (tertiary/aromatic N) is 2. The van der Waals surface area contributed by atoms with E-state index >= 15 is 0 Å². The van der Waals surface area contributed by atoms with Gasteiger partial charge in [-0.15, -0.1) is 0 Å². The van der Waals surface area contributed by atoms with Crippen molar-refractivity contribution in [2.45, 2.75) is 0 Å². The van der Waals surface area contributed by atoms with Gasteiger partial charge in [0.15, 0.2) is 5.71 Å². The molecule has 0 saturated heterocycles. The highest BCUT2D eigenvalue weighted by Gasteiger charge is 2.13. The van der Waals surface area contributed by atoms with E-state index in [4.69, 9.17) is 5.11 Å². The second-order valence-electron chi connectivity index (χ2n) is 3.37. The average Bonchev–Trinajstić information content (AvgIpc) is 2.25. The molecule has 0 unspecified atom stereocenters. The van der Waals surface area contributed by atoms with E-state index in [1.807, 2.05) is 31.1 Å². The maximum absolute atomic E-state index is 10.9. The molecular weight excluding hydrogens is 208 g/mol. The maximum atomic E-state index is 10.9. The zero-order valence-electron chi connectivity index (χ0n) is 9.47. The van der Waals surface area contributed by atoms with Crippen molar-refractivity contribution in [3.8, 4) is 0 Å². The van der Waals surface area contributed by atoms with Gasteiger partial charge in [-0.05, 0) is 12.1 Å². The van der Waals surface area contributed by atoms with Crippen LogP contribution < -0.4 is 4.90 Å². The zero-order chi connectivity index (χ0) is 12.1. The van der Waals surface area contributed by atoms with Crippen LogP contribution in [0.1, 0.15) is 5.56 Å². The first-order chi connectivity index (χ1) is 7.56. The van der Waals surface area contributed by atoms with Gasteiger partial charge in [0.25, 0.3) is 0 Å². The summed E-state index contributed by atoms with van der Waals surface area (Å²) in [6.45, 7) is 0. The highest BCUT2D eigenvalue weighted by molar-refractivity contribution is 6.42. The second kappa shape index (κ2) is 5.16. The van der Waals surface area contributed by atoms with Crippen LogP contribution in [0.25, 0.3) is 0 Å². The number of aliphatic carboxylic acids is 1. The number of benzene rings is 1. The third kappa shape index (κ3) is 2.73. The summed E-state index contributed by atoms with van der Waals surface area (Å²) in [5.74, 6) is -1.11. The number of anilines is 1. The lowest BCUT2D eigenvalue weighted by Gasteiger charge is -2.12. The van der Waals surface area contributed by atoms with E-state index in [1.54, 1.807) is 12.1 Å². The molecule has 16 heavy (non-hydrogen) atoms. The zero-order valence-corrected chi connectivity index (χ0v) is 9.47. The summed E-state index contributed by atoms with van der Waals surface area (Å²) >= 11 is 0. The van der Waals surface area contributed by atoms with Crippen molar-refractivity contribution in [3.63, 3.8) is 0 Å². The molecule has 5 heteroatoms. The molecule has 1 N–H and O–H groups in total. The van der Waals surface area contributed by atoms with Gasteiger partial charge >= 0.3 is 5.97 Å². The van der Waals surface area contributed by atoms with Crippen molar-refractivity contribution in [1.82, 2.24) is 0 Å². The quantitative estimate of drug-likeness (QED) is 0.614. The molecule has 1 aromatic rings. The van der Waals surface area contributed by atoms with Gasteiger partial charge in [0.2, 0.25) is 0 Å². The minimum Gasteiger partial charge on any atom is -0.476 e. The Morgan fingerprint density at radius 1 is 1.31 bits per heavy atom. The third-order valence-electron chi connectivity index (χ3n) is 2.04. The van der Waals surface area contributed by atoms with Crippen LogP contribution >= 0.6 is 0 Å². The molecule has 0 aliphatic rings. The SMILES string of the molecule is CON=C(C(=O)O)c1ccc(N(C)C)cc1. The number of hydrogen-bond donors (Lipinski definition) is 1. The Morgan fingerprint density at radius 3 is 2.25 bits per heavy atom. The maximum Gasteiger partial charge on any atom is 0.358 e. The van der Waals surface area contributed by atoms with Gasteiger partial charge < -0.3 is 14.8 Å². The molecular formula is C11H14N2O3. The van der Waals surface area contributed by atoms with Gasteiger partial charge in [0, 0.05) is 25.3 Å². The molecule has 0 aliphatic heterocycles. The van der Waals surface area contributed by atoms with Crippen molar-refractivity contribution < 1.29 is 14.7 Å². The van der Waals surface area contributed by atoms with Gasteiger partial charge in [-0.2, -0.15) is 0 Å². The second-order valence-corrected chi connectivity index (χ2v) is 3.37. The lowest BCUT2D eigenvalue weighted by Crippen LogP contribution is -2.15. The fraction of sp³-hybridized carbons (Fsp3) is 0.273. The Hall–Kier alpha value is -2.04. The monoisotopic (exact) mass is 222 g/mol. The number of rotatable bonds is 4. The standard InChI is InChI=1S/C11H14N2O3/c1-13(2)9-6-4-8(5-7-9)10(11(14)15)12-16-3/h4-7H,1-3H3,(H,14,15). The molecule has 0 spiro atoms. The molecule has 0 bridgehead atoms. The van der Waals surface area contributed by atoms with Crippen LogP contribution in [-0.4, -0.2) is 38.0 Å². The summed E-state index contributed by atoms with van der Waals surface area (Å²) in [6, 6.07) is 7.04. The molecule has 0 aromatic heterocycles. The lowest BCUT2D eigenvalue weighted by atomic mass is 10.1. The van der Waals surface area contributed by atoms with Crippen LogP contribution in [0.15, 0.2) is 29.4 Å². The van der Waals surface area contributed by atoms with Gasteiger partial charge in [-0.25, -0.2) is 4.79 Å². The van der Waals surface area contributed by atoms with E-state index in [2.05, 4.69) is 9.99 Å². The molecule has 0 aliphatic carbocycles. The summed E-state index contributed by atoms with van der Waals surface area (Å²) < 4.78 is 0. The van der Waals surface area contributed by atoms with Crippen molar-refractivity contribution in [2.24, 2.45) is 5.16 Å². The van der Waals surface area contributed by atoms with Crippen molar-refractivity contribution in [3.05, 3.63) is 29.8 Å². The number of carbonyl (C=O) groups is 1. The number of oxime groups is 1. The summed E-state index contributed by atoms with van der Waals surface area (Å²) in [7, 11) is 5.14. The first-order valence-electron chi connectivity index (χ1n) is 4.68. The first-order valence-corrected chi connectivity index (χ1v) is 4.68. The largest absolute Gasteiger partial charge is 0.476 e. The van der Waals surface area contributed by atoms with Crippen LogP contribution in [0.3, 0.4) is 0 Å². The van der Waals surface area contributed by atoms with Crippen molar-refractivity contribution >= 4 is 17.4 Å². The van der Waals surface area contributed by atoms with Crippen molar-refractivity contribution in [2.75, 3.05) is 26.1 Å². The average molecular weight is 222 g/mol. The summed E-state index contributed by atoms with van der Waals surface area (Å²) in [5.41, 5.74) is 1.40. The minimum absolute atomic E-state index is 0.104. The normalized spacial score (nSPS) is 11.1. The summed E-state index contributed by atoms with van der Waals surface area (Å²) in [5, 5.41) is 12.4. The van der Waals surface area contributed by atoms with E-state index in [0.717, 1.165) is 5.69 Å². The highest BCUT2D eigenvalue weighted by atomic mass is 16.6. The smallest absolute Gasteiger partial charge is 0.358 e. The predicted octanol–water partition coefficient (Wildman–Crippen LogP) is 1.19. The fourth-order valence-electron chi connectivity index (χ4n) is 1.22. The van der Waals surface area contributed by atoms with E-state index in [9.17, 15) is 4.79 Å². The Labute approximate surface area is 93.9 Å². The molecule has 0 fully saturated rings. The van der Waals surface area contributed by atoms with Gasteiger partial charge in [0.1, 0.15) is 7.11 Å². The third-order valence-corrected chi connectivity index (χ3v) is 2.04. The number of carboxylic acid groups (broad SMARTS) is 1. The lowest BCUT2D eigenvalue weighted by molar-refractivity contribution is -0.129. The van der Waals surface area contributed by atoms with Crippen LogP contribution in [0, 0.1) is 0 Å². The molecule has 86 valence electrons. The molecule has 1 rings (SSSR count). The first kappa shape index (κ1) is 12.0. The molecule has 0 radical (unpaired) electrons. The van der Waals surface area contributed by atoms with Crippen LogP contribution in [0.2, 0.25) is 0 Å². The Morgan fingerprint density at radius 2 is 1.88 bits per heavy atom. The Kier molecular flexibility index (Phi) is 3.88. The molecule has 0 amide bonds. The topological polar surface area (TPSA) is 62.1 Å². The van der Waals surface area contributed by atoms with E-state index in [0.29, 0.717) is 5.56 Å². The Balaban J connectivity index is 3.04. The summed E-state index contributed by atoms with van der Waals surface area (Å²) in [6.07, 6.45) is 0. The molecule has 0 heterocycles. The highest BCUT2D eigenvalue weighted by Crippen LogP contribution is 2.13. The van der Waals surface area contributed by atoms with Crippen LogP contribution in [0.5, 0.6) is 0 Å². The van der Waals surface area contributed by atoms with Crippen LogP contribution in [0.4, 0.5) is 5.69 Å². The fourth-order valence-corrected chi connectivity index (χ4v) is 1.22. The summed E-state index contributed by atoms with van der Waals surface area (Å²) in [4.78, 5) is 17.3. The Bertz CT molecular complexity index is 396. The predicted molar refractivity (Wildman–Crippen MR) is 62.0 cm³/mol. The van der Waals surface area contributed by atoms with E-state index in [1.165, 1.54) is 7.11 Å². The minimum atomic E-state index is -1.11. The number of hydrogen-bond acceptors (Lipinski definition) is 4. The molecule has 5 nitrogen and oxygen atoms in total.